The van der Waals surface area contributed by atoms with Gasteiger partial charge in [-0.05, 0) is 35.9 Å². The van der Waals surface area contributed by atoms with Gasteiger partial charge in [0.25, 0.3) is 0 Å². The third-order valence-corrected chi connectivity index (χ3v) is 5.30. The van der Waals surface area contributed by atoms with Gasteiger partial charge in [0.05, 0.1) is 16.6 Å². The first kappa shape index (κ1) is 17.4. The molecular formula is C24H18N2O3. The first-order valence-electron chi connectivity index (χ1n) is 9.56. The molecule has 0 amide bonds. The number of carbonyl (C=O) groups is 2. The highest BCUT2D eigenvalue weighted by atomic mass is 16.5. The fraction of sp³-hybridized carbons (Fsp3) is 0.125. The fourth-order valence-corrected chi connectivity index (χ4v) is 3.95. The SMILES string of the molecule is O=C(Oc1ccccc1[C@@H]1CC(=O)n2c(nc3ccccc32)C1)c1ccccc1. The Kier molecular flexibility index (Phi) is 4.21. The van der Waals surface area contributed by atoms with E-state index in [0.29, 0.717) is 24.2 Å². The van der Waals surface area contributed by atoms with Crippen molar-refractivity contribution in [2.75, 3.05) is 0 Å². The van der Waals surface area contributed by atoms with Crippen LogP contribution in [0.25, 0.3) is 11.0 Å². The van der Waals surface area contributed by atoms with Gasteiger partial charge in [-0.25, -0.2) is 9.78 Å². The zero-order chi connectivity index (χ0) is 19.8. The molecule has 1 aromatic heterocycles. The number of hydrogen-bond donors (Lipinski definition) is 0. The summed E-state index contributed by atoms with van der Waals surface area (Å²) in [6, 6.07) is 24.0. The monoisotopic (exact) mass is 382 g/mol. The molecule has 2 heterocycles. The molecule has 3 aromatic carbocycles. The average molecular weight is 382 g/mol. The van der Waals surface area contributed by atoms with Crippen LogP contribution in [0.1, 0.15) is 38.9 Å². The number of rotatable bonds is 3. The average Bonchev–Trinajstić information content (AvgIpc) is 3.13. The number of imidazole rings is 1. The van der Waals surface area contributed by atoms with Crippen molar-refractivity contribution in [3.8, 4) is 5.75 Å². The van der Waals surface area contributed by atoms with Gasteiger partial charge in [-0.1, -0.05) is 48.5 Å². The largest absolute Gasteiger partial charge is 0.423 e. The number of carbonyl (C=O) groups excluding carboxylic acids is 2. The molecule has 0 fully saturated rings. The van der Waals surface area contributed by atoms with Gasteiger partial charge in [0.2, 0.25) is 5.91 Å². The van der Waals surface area contributed by atoms with Crippen molar-refractivity contribution in [1.29, 1.82) is 0 Å². The Morgan fingerprint density at radius 3 is 2.48 bits per heavy atom. The van der Waals surface area contributed by atoms with Gasteiger partial charge >= 0.3 is 5.97 Å². The van der Waals surface area contributed by atoms with E-state index in [2.05, 4.69) is 4.98 Å². The first-order valence-corrected chi connectivity index (χ1v) is 9.56. The van der Waals surface area contributed by atoms with Crippen LogP contribution in [0.2, 0.25) is 0 Å². The molecule has 0 unspecified atom stereocenters. The molecular weight excluding hydrogens is 364 g/mol. The minimum Gasteiger partial charge on any atom is -0.423 e. The Bertz CT molecular complexity index is 1230. The van der Waals surface area contributed by atoms with Crippen LogP contribution in [-0.4, -0.2) is 21.4 Å². The minimum absolute atomic E-state index is 0.00846. The Hall–Kier alpha value is -3.73. The van der Waals surface area contributed by atoms with Crippen molar-refractivity contribution in [2.45, 2.75) is 18.8 Å². The smallest absolute Gasteiger partial charge is 0.343 e. The highest BCUT2D eigenvalue weighted by Crippen LogP contribution is 2.36. The summed E-state index contributed by atoms with van der Waals surface area (Å²) in [5.74, 6) is 0.744. The number of aromatic nitrogens is 2. The van der Waals surface area contributed by atoms with Crippen LogP contribution in [0.3, 0.4) is 0 Å². The van der Waals surface area contributed by atoms with Gasteiger partial charge < -0.3 is 4.74 Å². The molecule has 1 aliphatic rings. The molecule has 0 radical (unpaired) electrons. The molecule has 0 N–H and O–H groups in total. The van der Waals surface area contributed by atoms with E-state index in [0.717, 1.165) is 22.4 Å². The van der Waals surface area contributed by atoms with E-state index in [4.69, 9.17) is 4.74 Å². The Labute approximate surface area is 167 Å². The number of para-hydroxylation sites is 3. The zero-order valence-corrected chi connectivity index (χ0v) is 15.6. The predicted octanol–water partition coefficient (Wildman–Crippen LogP) is 4.63. The van der Waals surface area contributed by atoms with Crippen molar-refractivity contribution in [1.82, 2.24) is 9.55 Å². The Morgan fingerprint density at radius 2 is 1.62 bits per heavy atom. The molecule has 0 aliphatic carbocycles. The highest BCUT2D eigenvalue weighted by molar-refractivity contribution is 5.93. The molecule has 0 spiro atoms. The molecule has 1 atom stereocenters. The second kappa shape index (κ2) is 7.02. The maximum absolute atomic E-state index is 12.9. The second-order valence-electron chi connectivity index (χ2n) is 7.14. The number of benzene rings is 3. The first-order chi connectivity index (χ1) is 14.2. The number of fused-ring (bicyclic) bond motifs is 3. The van der Waals surface area contributed by atoms with E-state index in [1.165, 1.54) is 0 Å². The molecule has 0 saturated carbocycles. The van der Waals surface area contributed by atoms with Crippen molar-refractivity contribution in [3.63, 3.8) is 0 Å². The topological polar surface area (TPSA) is 61.2 Å². The van der Waals surface area contributed by atoms with E-state index in [1.807, 2.05) is 48.5 Å². The van der Waals surface area contributed by atoms with Crippen LogP contribution in [0.15, 0.2) is 78.9 Å². The fourth-order valence-electron chi connectivity index (χ4n) is 3.95. The molecule has 29 heavy (non-hydrogen) atoms. The molecule has 142 valence electrons. The van der Waals surface area contributed by atoms with Crippen LogP contribution in [0, 0.1) is 0 Å². The van der Waals surface area contributed by atoms with Gasteiger partial charge in [-0.15, -0.1) is 0 Å². The normalized spacial score (nSPS) is 15.9. The third kappa shape index (κ3) is 3.10. The standard InChI is InChI=1S/C24H18N2O3/c27-23-15-17(14-22-25-19-11-5-6-12-20(19)26(22)23)18-10-4-7-13-21(18)29-24(28)16-8-2-1-3-9-16/h1-13,17H,14-15H2/t17-/m0/s1. The lowest BCUT2D eigenvalue weighted by Crippen LogP contribution is -2.25. The van der Waals surface area contributed by atoms with Gasteiger partial charge in [0.1, 0.15) is 11.6 Å². The molecule has 0 saturated heterocycles. The summed E-state index contributed by atoms with van der Waals surface area (Å²) in [6.45, 7) is 0. The van der Waals surface area contributed by atoms with E-state index in [-0.39, 0.29) is 11.8 Å². The van der Waals surface area contributed by atoms with Gasteiger partial charge in [-0.3, -0.25) is 9.36 Å². The summed E-state index contributed by atoms with van der Waals surface area (Å²) in [7, 11) is 0. The van der Waals surface area contributed by atoms with E-state index < -0.39 is 5.97 Å². The lowest BCUT2D eigenvalue weighted by Gasteiger charge is -2.24. The maximum atomic E-state index is 12.9. The van der Waals surface area contributed by atoms with E-state index in [9.17, 15) is 9.59 Å². The van der Waals surface area contributed by atoms with Gasteiger partial charge in [0, 0.05) is 18.8 Å². The third-order valence-electron chi connectivity index (χ3n) is 5.30. The molecule has 5 nitrogen and oxygen atoms in total. The predicted molar refractivity (Wildman–Crippen MR) is 109 cm³/mol. The highest BCUT2D eigenvalue weighted by Gasteiger charge is 2.30. The minimum atomic E-state index is -0.410. The number of nitrogens with zero attached hydrogens (tertiary/aromatic N) is 2. The van der Waals surface area contributed by atoms with E-state index in [1.54, 1.807) is 34.9 Å². The number of hydrogen-bond acceptors (Lipinski definition) is 4. The van der Waals surface area contributed by atoms with Crippen molar-refractivity contribution in [2.24, 2.45) is 0 Å². The van der Waals surface area contributed by atoms with Crippen LogP contribution in [0.4, 0.5) is 0 Å². The van der Waals surface area contributed by atoms with Crippen LogP contribution in [0.5, 0.6) is 5.75 Å². The summed E-state index contributed by atoms with van der Waals surface area (Å²) in [5, 5.41) is 0. The molecule has 1 aliphatic heterocycles. The summed E-state index contributed by atoms with van der Waals surface area (Å²) >= 11 is 0. The molecule has 0 bridgehead atoms. The molecule has 4 aromatic rings. The quantitative estimate of drug-likeness (QED) is 0.383. The van der Waals surface area contributed by atoms with Gasteiger partial charge in [0.15, 0.2) is 0 Å². The molecule has 5 heteroatoms. The lowest BCUT2D eigenvalue weighted by molar-refractivity contribution is 0.0732. The Balaban J connectivity index is 1.48. The Morgan fingerprint density at radius 1 is 0.897 bits per heavy atom. The summed E-state index contributed by atoms with van der Waals surface area (Å²) in [5.41, 5.74) is 3.00. The summed E-state index contributed by atoms with van der Waals surface area (Å²) in [6.07, 6.45) is 0.952. The van der Waals surface area contributed by atoms with Crippen LogP contribution >= 0.6 is 0 Å². The molecule has 5 rings (SSSR count). The zero-order valence-electron chi connectivity index (χ0n) is 15.6. The summed E-state index contributed by atoms with van der Waals surface area (Å²) < 4.78 is 7.40. The van der Waals surface area contributed by atoms with Crippen LogP contribution < -0.4 is 4.74 Å². The van der Waals surface area contributed by atoms with Crippen molar-refractivity contribution >= 4 is 22.9 Å². The van der Waals surface area contributed by atoms with Crippen molar-refractivity contribution in [3.05, 3.63) is 95.8 Å². The van der Waals surface area contributed by atoms with Gasteiger partial charge in [-0.2, -0.15) is 0 Å². The van der Waals surface area contributed by atoms with Crippen molar-refractivity contribution < 1.29 is 14.3 Å². The lowest BCUT2D eigenvalue weighted by atomic mass is 9.89. The second-order valence-corrected chi connectivity index (χ2v) is 7.14. The summed E-state index contributed by atoms with van der Waals surface area (Å²) in [4.78, 5) is 30.1. The van der Waals surface area contributed by atoms with Crippen LogP contribution in [-0.2, 0) is 6.42 Å². The number of esters is 1. The maximum Gasteiger partial charge on any atom is 0.343 e. The van der Waals surface area contributed by atoms with E-state index >= 15 is 0 Å². The number of ether oxygens (including phenoxy) is 1.